The lowest BCUT2D eigenvalue weighted by Crippen LogP contribution is -2.29. The fraction of sp³-hybridized carbons (Fsp3) is 0. The topological polar surface area (TPSA) is 39.8 Å². The van der Waals surface area contributed by atoms with Crippen LogP contribution in [0.5, 0.6) is 0 Å². The van der Waals surface area contributed by atoms with Gasteiger partial charge in [0, 0.05) is 20.1 Å². The third kappa shape index (κ3) is 2.99. The molecule has 3 rings (SSSR count). The van der Waals surface area contributed by atoms with Gasteiger partial charge in [-0.3, -0.25) is 0 Å². The predicted octanol–water partition coefficient (Wildman–Crippen LogP) is 4.57. The summed E-state index contributed by atoms with van der Waals surface area (Å²) in [4.78, 5) is 4.39. The number of halogens is 2. The van der Waals surface area contributed by atoms with Gasteiger partial charge in [0.15, 0.2) is 6.20 Å². The van der Waals surface area contributed by atoms with Crippen molar-refractivity contribution in [2.75, 3.05) is 0 Å². The first-order valence-corrected chi connectivity index (χ1v) is 7.84. The molecule has 0 spiro atoms. The Balaban J connectivity index is 2.20. The lowest BCUT2D eigenvalue weighted by molar-refractivity contribution is -0.593. The van der Waals surface area contributed by atoms with Crippen LogP contribution in [0.4, 0.5) is 0 Å². The summed E-state index contributed by atoms with van der Waals surface area (Å²) in [6, 6.07) is 15.4. The van der Waals surface area contributed by atoms with Crippen molar-refractivity contribution in [3.8, 4) is 22.5 Å². The summed E-state index contributed by atoms with van der Waals surface area (Å²) in [6.07, 6.45) is 2.94. The van der Waals surface area contributed by atoms with Gasteiger partial charge in [0.25, 0.3) is 0 Å². The first-order chi connectivity index (χ1) is 10.1. The van der Waals surface area contributed by atoms with E-state index in [0.29, 0.717) is 11.4 Å². The van der Waals surface area contributed by atoms with E-state index in [2.05, 4.69) is 36.8 Å². The van der Waals surface area contributed by atoms with E-state index >= 15 is 0 Å². The molecule has 0 aliphatic rings. The molecule has 0 aliphatic heterocycles. The van der Waals surface area contributed by atoms with Crippen LogP contribution >= 0.6 is 31.9 Å². The smallest absolute Gasteiger partial charge is 0.250 e. The fourth-order valence-electron chi connectivity index (χ4n) is 2.10. The Morgan fingerprint density at radius 1 is 0.810 bits per heavy atom. The van der Waals surface area contributed by atoms with Crippen LogP contribution in [0.2, 0.25) is 0 Å². The molecule has 0 saturated heterocycles. The zero-order valence-electron chi connectivity index (χ0n) is 10.8. The van der Waals surface area contributed by atoms with Gasteiger partial charge in [0.05, 0.1) is 6.20 Å². The first kappa shape index (κ1) is 14.2. The van der Waals surface area contributed by atoms with Crippen LogP contribution < -0.4 is 4.73 Å². The molecular formula is C16H10Br2N2O. The molecule has 3 nitrogen and oxygen atoms in total. The SMILES string of the molecule is [O-][n+]1ccnc(-c2ccc(Br)cc2)c1-c1ccc(Br)cc1. The Morgan fingerprint density at radius 2 is 1.33 bits per heavy atom. The number of benzene rings is 2. The molecule has 0 atom stereocenters. The second-order valence-electron chi connectivity index (χ2n) is 4.46. The molecule has 5 heteroatoms. The highest BCUT2D eigenvalue weighted by Crippen LogP contribution is 2.28. The lowest BCUT2D eigenvalue weighted by Gasteiger charge is -2.09. The monoisotopic (exact) mass is 404 g/mol. The van der Waals surface area contributed by atoms with Crippen molar-refractivity contribution in [2.45, 2.75) is 0 Å². The van der Waals surface area contributed by atoms with E-state index in [-0.39, 0.29) is 0 Å². The maximum absolute atomic E-state index is 12.2. The molecule has 3 aromatic rings. The van der Waals surface area contributed by atoms with Crippen LogP contribution in [0.1, 0.15) is 0 Å². The van der Waals surface area contributed by atoms with Crippen LogP contribution in [0.15, 0.2) is 69.9 Å². The highest BCUT2D eigenvalue weighted by molar-refractivity contribution is 9.10. The maximum atomic E-state index is 12.2. The molecule has 0 saturated carbocycles. The molecule has 0 bridgehead atoms. The van der Waals surface area contributed by atoms with E-state index in [1.54, 1.807) is 0 Å². The van der Waals surface area contributed by atoms with Gasteiger partial charge in [-0.05, 0) is 36.4 Å². The minimum absolute atomic E-state index is 0.548. The Hall–Kier alpha value is -1.72. The Kier molecular flexibility index (Phi) is 4.03. The molecule has 0 fully saturated rings. The van der Waals surface area contributed by atoms with Crippen LogP contribution in [0.3, 0.4) is 0 Å². The van der Waals surface area contributed by atoms with E-state index in [4.69, 9.17) is 0 Å². The zero-order chi connectivity index (χ0) is 14.8. The third-order valence-corrected chi connectivity index (χ3v) is 4.14. The van der Waals surface area contributed by atoms with Gasteiger partial charge in [-0.1, -0.05) is 44.0 Å². The summed E-state index contributed by atoms with van der Waals surface area (Å²) in [5, 5.41) is 12.2. The van der Waals surface area contributed by atoms with Crippen molar-refractivity contribution in [2.24, 2.45) is 0 Å². The summed E-state index contributed by atoms with van der Waals surface area (Å²) >= 11 is 6.81. The maximum Gasteiger partial charge on any atom is 0.250 e. The molecule has 2 aromatic carbocycles. The standard InChI is InChI=1S/C16H10Br2N2O/c17-13-5-1-11(2-6-13)15-16(20(21)10-9-19-15)12-3-7-14(18)8-4-12/h1-10H. The minimum atomic E-state index is 0.548. The number of hydrogen-bond acceptors (Lipinski definition) is 2. The van der Waals surface area contributed by atoms with Crippen molar-refractivity contribution in [1.29, 1.82) is 0 Å². The quantitative estimate of drug-likeness (QED) is 0.462. The zero-order valence-corrected chi connectivity index (χ0v) is 14.0. The van der Waals surface area contributed by atoms with E-state index in [1.165, 1.54) is 12.4 Å². The summed E-state index contributed by atoms with van der Waals surface area (Å²) in [5.74, 6) is 0. The van der Waals surface area contributed by atoms with E-state index in [9.17, 15) is 5.21 Å². The van der Waals surface area contributed by atoms with Gasteiger partial charge in [-0.25, -0.2) is 4.98 Å². The second kappa shape index (κ2) is 5.95. The molecule has 104 valence electrons. The second-order valence-corrected chi connectivity index (χ2v) is 6.30. The molecular weight excluding hydrogens is 396 g/mol. The molecule has 0 radical (unpaired) electrons. The fourth-order valence-corrected chi connectivity index (χ4v) is 2.63. The summed E-state index contributed by atoms with van der Waals surface area (Å²) in [7, 11) is 0. The molecule has 0 unspecified atom stereocenters. The van der Waals surface area contributed by atoms with Gasteiger partial charge in [0.1, 0.15) is 5.69 Å². The highest BCUT2D eigenvalue weighted by atomic mass is 79.9. The minimum Gasteiger partial charge on any atom is -0.618 e. The number of hydrogen-bond donors (Lipinski definition) is 0. The molecule has 0 N–H and O–H groups in total. The van der Waals surface area contributed by atoms with Gasteiger partial charge >= 0.3 is 0 Å². The van der Waals surface area contributed by atoms with Crippen molar-refractivity contribution in [1.82, 2.24) is 4.98 Å². The van der Waals surface area contributed by atoms with E-state index in [0.717, 1.165) is 24.8 Å². The average molecular weight is 406 g/mol. The van der Waals surface area contributed by atoms with Gasteiger partial charge in [0.2, 0.25) is 5.69 Å². The molecule has 0 aliphatic carbocycles. The molecule has 21 heavy (non-hydrogen) atoms. The van der Waals surface area contributed by atoms with Crippen molar-refractivity contribution in [3.63, 3.8) is 0 Å². The van der Waals surface area contributed by atoms with Crippen molar-refractivity contribution < 1.29 is 4.73 Å². The molecule has 1 heterocycles. The van der Waals surface area contributed by atoms with E-state index in [1.807, 2.05) is 48.5 Å². The van der Waals surface area contributed by atoms with Crippen molar-refractivity contribution in [3.05, 3.63) is 75.1 Å². The van der Waals surface area contributed by atoms with Crippen molar-refractivity contribution >= 4 is 31.9 Å². The third-order valence-electron chi connectivity index (χ3n) is 3.09. The van der Waals surface area contributed by atoms with Crippen LogP contribution in [-0.4, -0.2) is 4.98 Å². The number of nitrogens with zero attached hydrogens (tertiary/aromatic N) is 2. The Bertz CT molecular complexity index is 771. The predicted molar refractivity (Wildman–Crippen MR) is 89.5 cm³/mol. The molecule has 1 aromatic heterocycles. The van der Waals surface area contributed by atoms with Crippen LogP contribution in [0, 0.1) is 5.21 Å². The average Bonchev–Trinajstić information content (AvgIpc) is 2.49. The lowest BCUT2D eigenvalue weighted by atomic mass is 10.0. The van der Waals surface area contributed by atoms with Gasteiger partial charge < -0.3 is 5.21 Å². The first-order valence-electron chi connectivity index (χ1n) is 6.25. The van der Waals surface area contributed by atoms with E-state index < -0.39 is 0 Å². The van der Waals surface area contributed by atoms with Crippen LogP contribution in [0.25, 0.3) is 22.5 Å². The summed E-state index contributed by atoms with van der Waals surface area (Å²) < 4.78 is 2.81. The Morgan fingerprint density at radius 3 is 1.90 bits per heavy atom. The highest BCUT2D eigenvalue weighted by Gasteiger charge is 2.18. The van der Waals surface area contributed by atoms with Gasteiger partial charge in [-0.2, -0.15) is 4.73 Å². The summed E-state index contributed by atoms with van der Waals surface area (Å²) in [5.41, 5.74) is 2.95. The number of aromatic nitrogens is 2. The Labute approximate surface area is 139 Å². The molecule has 0 amide bonds. The van der Waals surface area contributed by atoms with Crippen LogP contribution in [-0.2, 0) is 0 Å². The number of rotatable bonds is 2. The van der Waals surface area contributed by atoms with Gasteiger partial charge in [-0.15, -0.1) is 0 Å². The normalized spacial score (nSPS) is 10.6. The summed E-state index contributed by atoms with van der Waals surface area (Å²) in [6.45, 7) is 0. The largest absolute Gasteiger partial charge is 0.618 e.